The van der Waals surface area contributed by atoms with Gasteiger partial charge in [0.2, 0.25) is 5.91 Å². The average Bonchev–Trinajstić information content (AvgIpc) is 3.11. The smallest absolute Gasteiger partial charge is 0.233 e. The number of piperidine rings is 1. The molecule has 1 aliphatic heterocycles. The second-order valence-electron chi connectivity index (χ2n) is 7.34. The maximum Gasteiger partial charge on any atom is 0.233 e. The van der Waals surface area contributed by atoms with E-state index in [1.165, 1.54) is 0 Å². The minimum absolute atomic E-state index is 0.306. The molecule has 1 aromatic carbocycles. The van der Waals surface area contributed by atoms with Crippen LogP contribution in [0.5, 0.6) is 0 Å². The first-order valence-corrected chi connectivity index (χ1v) is 9.79. The van der Waals surface area contributed by atoms with Gasteiger partial charge in [-0.05, 0) is 62.4 Å². The van der Waals surface area contributed by atoms with Crippen molar-refractivity contribution in [1.29, 1.82) is 0 Å². The van der Waals surface area contributed by atoms with Crippen molar-refractivity contribution in [2.45, 2.75) is 50.9 Å². The molecule has 4 heteroatoms. The molecule has 3 nitrogen and oxygen atoms in total. The maximum atomic E-state index is 13.4. The van der Waals surface area contributed by atoms with Crippen molar-refractivity contribution in [3.63, 3.8) is 0 Å². The van der Waals surface area contributed by atoms with Gasteiger partial charge in [0, 0.05) is 18.1 Å². The highest BCUT2D eigenvalue weighted by molar-refractivity contribution is 6.30. The molecule has 2 aliphatic rings. The quantitative estimate of drug-likeness (QED) is 0.872. The van der Waals surface area contributed by atoms with Crippen molar-refractivity contribution < 1.29 is 4.79 Å². The number of nitrogens with zero attached hydrogens (tertiary/aromatic N) is 1. The lowest BCUT2D eigenvalue weighted by molar-refractivity contribution is -0.138. The molecule has 24 heavy (non-hydrogen) atoms. The highest BCUT2D eigenvalue weighted by Gasteiger charge is 2.45. The Balaban J connectivity index is 1.71. The predicted molar refractivity (Wildman–Crippen MR) is 99.4 cm³/mol. The normalized spacial score (nSPS) is 21.2. The van der Waals surface area contributed by atoms with Crippen LogP contribution in [0.2, 0.25) is 5.02 Å². The summed E-state index contributed by atoms with van der Waals surface area (Å²) in [4.78, 5) is 15.5. The Kier molecular flexibility index (Phi) is 5.83. The molecular formula is C20H29ClN2O. The van der Waals surface area contributed by atoms with Gasteiger partial charge in [0.15, 0.2) is 0 Å². The maximum absolute atomic E-state index is 13.4. The Hall–Kier alpha value is -1.06. The zero-order valence-electron chi connectivity index (χ0n) is 14.7. The van der Waals surface area contributed by atoms with Crippen LogP contribution >= 0.6 is 11.6 Å². The number of carbonyl (C=O) groups excluding carboxylic acids is 1. The van der Waals surface area contributed by atoms with E-state index in [1.807, 2.05) is 12.1 Å². The Morgan fingerprint density at radius 1 is 1.21 bits per heavy atom. The van der Waals surface area contributed by atoms with Crippen LogP contribution in [-0.2, 0) is 10.2 Å². The average molecular weight is 349 g/mol. The van der Waals surface area contributed by atoms with E-state index in [1.54, 1.807) is 0 Å². The van der Waals surface area contributed by atoms with E-state index in [9.17, 15) is 4.79 Å². The fourth-order valence-electron chi connectivity index (χ4n) is 4.36. The Labute approximate surface area is 150 Å². The standard InChI is InChI=1S/C20H29ClN2O/c1-2-22-15-16-9-13-23(14-10-16)19(24)20(11-3-4-12-20)17-5-7-18(21)8-6-17/h5-8,16,22H,2-4,9-15H2,1H3. The monoisotopic (exact) mass is 348 g/mol. The van der Waals surface area contributed by atoms with Crippen LogP contribution in [0.1, 0.15) is 51.0 Å². The summed E-state index contributed by atoms with van der Waals surface area (Å²) >= 11 is 6.05. The van der Waals surface area contributed by atoms with Gasteiger partial charge in [-0.3, -0.25) is 4.79 Å². The van der Waals surface area contributed by atoms with Gasteiger partial charge in [0.1, 0.15) is 0 Å². The molecule has 132 valence electrons. The van der Waals surface area contributed by atoms with Gasteiger partial charge in [-0.25, -0.2) is 0 Å². The number of nitrogens with one attached hydrogen (secondary N) is 1. The summed E-state index contributed by atoms with van der Waals surface area (Å²) in [5, 5.41) is 4.18. The topological polar surface area (TPSA) is 32.3 Å². The van der Waals surface area contributed by atoms with Gasteiger partial charge in [-0.1, -0.05) is 43.5 Å². The van der Waals surface area contributed by atoms with E-state index in [-0.39, 0.29) is 5.41 Å². The van der Waals surface area contributed by atoms with Crippen LogP contribution in [0.25, 0.3) is 0 Å². The van der Waals surface area contributed by atoms with E-state index >= 15 is 0 Å². The Bertz CT molecular complexity index is 543. The van der Waals surface area contributed by atoms with Crippen molar-refractivity contribution in [1.82, 2.24) is 10.2 Å². The summed E-state index contributed by atoms with van der Waals surface area (Å²) in [6.45, 7) is 6.07. The molecule has 0 atom stereocenters. The third-order valence-corrected chi connectivity index (χ3v) is 6.10. The molecule has 2 fully saturated rings. The summed E-state index contributed by atoms with van der Waals surface area (Å²) in [7, 11) is 0. The zero-order chi connectivity index (χ0) is 17.0. The highest BCUT2D eigenvalue weighted by atomic mass is 35.5. The second-order valence-corrected chi connectivity index (χ2v) is 7.78. The Morgan fingerprint density at radius 3 is 2.42 bits per heavy atom. The van der Waals surface area contributed by atoms with Crippen molar-refractivity contribution >= 4 is 17.5 Å². The fraction of sp³-hybridized carbons (Fsp3) is 0.650. The summed E-state index contributed by atoms with van der Waals surface area (Å²) in [5.41, 5.74) is 0.850. The van der Waals surface area contributed by atoms with Gasteiger partial charge in [0.25, 0.3) is 0 Å². The lowest BCUT2D eigenvalue weighted by Gasteiger charge is -2.39. The summed E-state index contributed by atoms with van der Waals surface area (Å²) in [6.07, 6.45) is 6.48. The van der Waals surface area contributed by atoms with E-state index < -0.39 is 0 Å². The van der Waals surface area contributed by atoms with Crippen LogP contribution in [0.4, 0.5) is 0 Å². The number of amides is 1. The van der Waals surface area contributed by atoms with Crippen LogP contribution in [-0.4, -0.2) is 37.0 Å². The second kappa shape index (κ2) is 7.88. The minimum Gasteiger partial charge on any atom is -0.342 e. The predicted octanol–water partition coefficient (Wildman–Crippen LogP) is 4.00. The molecule has 1 aliphatic carbocycles. The highest BCUT2D eigenvalue weighted by Crippen LogP contribution is 2.43. The molecule has 1 saturated carbocycles. The lowest BCUT2D eigenvalue weighted by Crippen LogP contribution is -2.49. The van der Waals surface area contributed by atoms with Crippen LogP contribution in [0.3, 0.4) is 0 Å². The van der Waals surface area contributed by atoms with Crippen molar-refractivity contribution in [2.24, 2.45) is 5.92 Å². The Morgan fingerprint density at radius 2 is 1.83 bits per heavy atom. The van der Waals surface area contributed by atoms with Crippen LogP contribution in [0.15, 0.2) is 24.3 Å². The molecule has 3 rings (SSSR count). The number of hydrogen-bond acceptors (Lipinski definition) is 2. The van der Waals surface area contributed by atoms with E-state index in [0.29, 0.717) is 11.8 Å². The van der Waals surface area contributed by atoms with Crippen molar-refractivity contribution in [2.75, 3.05) is 26.2 Å². The van der Waals surface area contributed by atoms with Crippen LogP contribution < -0.4 is 5.32 Å². The molecule has 0 spiro atoms. The number of rotatable bonds is 5. The molecule has 0 radical (unpaired) electrons. The SMILES string of the molecule is CCNCC1CCN(C(=O)C2(c3ccc(Cl)cc3)CCCC2)CC1. The molecule has 0 aromatic heterocycles. The lowest BCUT2D eigenvalue weighted by atomic mass is 9.77. The minimum atomic E-state index is -0.306. The van der Waals surface area contributed by atoms with E-state index in [0.717, 1.165) is 75.3 Å². The third-order valence-electron chi connectivity index (χ3n) is 5.85. The molecule has 1 saturated heterocycles. The molecule has 0 unspecified atom stereocenters. The summed E-state index contributed by atoms with van der Waals surface area (Å²) < 4.78 is 0. The summed E-state index contributed by atoms with van der Waals surface area (Å²) in [5.74, 6) is 1.06. The molecule has 1 aromatic rings. The number of carbonyl (C=O) groups is 1. The van der Waals surface area contributed by atoms with Crippen molar-refractivity contribution in [3.05, 3.63) is 34.9 Å². The van der Waals surface area contributed by atoms with Gasteiger partial charge in [0.05, 0.1) is 5.41 Å². The fourth-order valence-corrected chi connectivity index (χ4v) is 4.49. The van der Waals surface area contributed by atoms with Crippen molar-refractivity contribution in [3.8, 4) is 0 Å². The van der Waals surface area contributed by atoms with E-state index in [4.69, 9.17) is 11.6 Å². The first-order chi connectivity index (χ1) is 11.7. The first kappa shape index (κ1) is 17.8. The third kappa shape index (κ3) is 3.62. The van der Waals surface area contributed by atoms with Crippen LogP contribution in [0, 0.1) is 5.92 Å². The molecule has 1 heterocycles. The zero-order valence-corrected chi connectivity index (χ0v) is 15.4. The largest absolute Gasteiger partial charge is 0.342 e. The number of benzene rings is 1. The van der Waals surface area contributed by atoms with Gasteiger partial charge >= 0.3 is 0 Å². The van der Waals surface area contributed by atoms with Gasteiger partial charge < -0.3 is 10.2 Å². The summed E-state index contributed by atoms with van der Waals surface area (Å²) in [6, 6.07) is 7.97. The first-order valence-electron chi connectivity index (χ1n) is 9.42. The molecule has 1 amide bonds. The molecular weight excluding hydrogens is 320 g/mol. The number of hydrogen-bond donors (Lipinski definition) is 1. The molecule has 0 bridgehead atoms. The van der Waals surface area contributed by atoms with E-state index in [2.05, 4.69) is 29.3 Å². The van der Waals surface area contributed by atoms with Gasteiger partial charge in [-0.2, -0.15) is 0 Å². The molecule has 1 N–H and O–H groups in total. The van der Waals surface area contributed by atoms with Gasteiger partial charge in [-0.15, -0.1) is 0 Å². The number of likely N-dealkylation sites (tertiary alicyclic amines) is 1. The number of halogens is 1.